The van der Waals surface area contributed by atoms with Crippen LogP contribution in [0.4, 0.5) is 5.82 Å². The molecule has 0 aromatic carbocycles. The van der Waals surface area contributed by atoms with Crippen LogP contribution in [0.1, 0.15) is 6.23 Å². The molecule has 0 spiro atoms. The SMILES string of the molecule is Nc1ncnc2c1ncn2[C@@H]1O[C@@H](COP(=O)([O-])OP(=O)([O-])OP(=O)([O-])[O-])[C@@H](O)[C@@H]1O. The minimum Gasteiger partial charge on any atom is -0.790 e. The van der Waals surface area contributed by atoms with Crippen LogP contribution in [-0.4, -0.2) is 54.7 Å². The number of hydrogen-bond acceptors (Lipinski definition) is 17. The van der Waals surface area contributed by atoms with E-state index in [1.54, 1.807) is 0 Å². The van der Waals surface area contributed by atoms with Gasteiger partial charge in [-0.15, -0.1) is 0 Å². The molecule has 0 amide bonds. The maximum Gasteiger partial charge on any atom is 0.278 e. The van der Waals surface area contributed by atoms with Crippen LogP contribution in [0.3, 0.4) is 0 Å². The summed E-state index contributed by atoms with van der Waals surface area (Å²) in [7, 11) is -18.1. The predicted octanol–water partition coefficient (Wildman–Crippen LogP) is -4.16. The number of nitrogens with two attached hydrogens (primary N) is 1. The Balaban J connectivity index is 1.69. The van der Waals surface area contributed by atoms with Crippen molar-refractivity contribution in [3.05, 3.63) is 12.7 Å². The Labute approximate surface area is 171 Å². The molecule has 1 fully saturated rings. The van der Waals surface area contributed by atoms with Crippen LogP contribution < -0.4 is 25.3 Å². The summed E-state index contributed by atoms with van der Waals surface area (Å²) in [6, 6.07) is 0. The molecule has 1 aliphatic rings. The smallest absolute Gasteiger partial charge is 0.278 e. The van der Waals surface area contributed by atoms with E-state index in [1.807, 2.05) is 0 Å². The molecular formula is C10H12N5O13P3-4. The van der Waals surface area contributed by atoms with Gasteiger partial charge in [-0.1, -0.05) is 0 Å². The molecule has 0 aliphatic carbocycles. The third kappa shape index (κ3) is 5.71. The predicted molar refractivity (Wildman–Crippen MR) is 86.6 cm³/mol. The number of ether oxygens (including phenoxy) is 1. The van der Waals surface area contributed by atoms with Crippen LogP contribution in [0.5, 0.6) is 0 Å². The van der Waals surface area contributed by atoms with Crippen molar-refractivity contribution in [3.63, 3.8) is 0 Å². The van der Waals surface area contributed by atoms with Gasteiger partial charge in [0, 0.05) is 0 Å². The minimum absolute atomic E-state index is 0.0195. The normalized spacial score (nSPS) is 28.5. The number of imidazole rings is 1. The fourth-order valence-electron chi connectivity index (χ4n) is 2.60. The molecule has 31 heavy (non-hydrogen) atoms. The van der Waals surface area contributed by atoms with E-state index < -0.39 is 54.6 Å². The molecule has 3 rings (SSSR count). The molecule has 2 unspecified atom stereocenters. The number of rotatable bonds is 8. The number of hydrogen-bond donors (Lipinski definition) is 3. The van der Waals surface area contributed by atoms with Crippen molar-refractivity contribution < 1.29 is 61.4 Å². The summed E-state index contributed by atoms with van der Waals surface area (Å²) in [4.78, 5) is 54.9. The second kappa shape index (κ2) is 8.53. The average molecular weight is 503 g/mol. The number of aliphatic hydroxyl groups is 2. The highest BCUT2D eigenvalue weighted by atomic mass is 31.3. The van der Waals surface area contributed by atoms with Gasteiger partial charge in [-0.3, -0.25) is 18.0 Å². The fourth-order valence-corrected chi connectivity index (χ4v) is 5.47. The summed E-state index contributed by atoms with van der Waals surface area (Å²) in [5, 5.41) is 20.3. The third-order valence-corrected chi connectivity index (χ3v) is 7.46. The van der Waals surface area contributed by atoms with Gasteiger partial charge in [0.05, 0.1) is 20.8 Å². The van der Waals surface area contributed by atoms with Crippen LogP contribution in [0, 0.1) is 0 Å². The Bertz CT molecular complexity index is 1100. The van der Waals surface area contributed by atoms with Gasteiger partial charge in [0.1, 0.15) is 30.2 Å². The molecule has 2 aromatic heterocycles. The monoisotopic (exact) mass is 503 g/mol. The molecule has 21 heteroatoms. The molecule has 174 valence electrons. The van der Waals surface area contributed by atoms with Gasteiger partial charge in [0.15, 0.2) is 17.7 Å². The summed E-state index contributed by atoms with van der Waals surface area (Å²) >= 11 is 0. The first kappa shape index (κ1) is 24.3. The zero-order valence-corrected chi connectivity index (χ0v) is 17.4. The van der Waals surface area contributed by atoms with E-state index in [1.165, 1.54) is 4.57 Å². The zero-order chi connectivity index (χ0) is 23.2. The van der Waals surface area contributed by atoms with Crippen LogP contribution in [0.2, 0.25) is 0 Å². The number of phosphoric ester groups is 1. The number of nitrogens with zero attached hydrogens (tertiary/aromatic N) is 4. The number of aliphatic hydroxyl groups excluding tert-OH is 2. The van der Waals surface area contributed by atoms with E-state index in [9.17, 15) is 43.5 Å². The Hall–Kier alpha value is -1.36. The molecule has 1 saturated heterocycles. The number of phosphoric acid groups is 3. The molecule has 0 bridgehead atoms. The summed E-state index contributed by atoms with van der Waals surface area (Å²) in [6.45, 7) is -1.08. The zero-order valence-electron chi connectivity index (χ0n) is 14.8. The van der Waals surface area contributed by atoms with Gasteiger partial charge in [0.2, 0.25) is 0 Å². The lowest BCUT2D eigenvalue weighted by atomic mass is 10.1. The van der Waals surface area contributed by atoms with Crippen molar-refractivity contribution in [3.8, 4) is 0 Å². The first-order valence-electron chi connectivity index (χ1n) is 7.85. The fraction of sp³-hybridized carbons (Fsp3) is 0.500. The van der Waals surface area contributed by atoms with Crippen molar-refractivity contribution in [2.45, 2.75) is 24.5 Å². The molecule has 1 aliphatic heterocycles. The van der Waals surface area contributed by atoms with Gasteiger partial charge in [0.25, 0.3) is 15.6 Å². The average Bonchev–Trinajstić information content (AvgIpc) is 3.13. The van der Waals surface area contributed by atoms with E-state index in [-0.39, 0.29) is 17.0 Å². The Kier molecular flexibility index (Phi) is 6.68. The first-order valence-corrected chi connectivity index (χ1v) is 12.2. The summed E-state index contributed by atoms with van der Waals surface area (Å²) in [5.74, 6) is 0.0195. The maximum absolute atomic E-state index is 11.6. The molecule has 2 aromatic rings. The van der Waals surface area contributed by atoms with Crippen LogP contribution in [-0.2, 0) is 31.6 Å². The number of fused-ring (bicyclic) bond motifs is 1. The van der Waals surface area contributed by atoms with Crippen molar-refractivity contribution in [1.82, 2.24) is 19.5 Å². The standard InChI is InChI=1S/C10H16N5O13P3/c11-8-5-9(13-2-12-8)15(3-14-5)10-7(17)6(16)4(26-10)1-25-30(21,22)28-31(23,24)27-29(18,19)20/h2-4,6-7,10,16-17H,1H2,(H,21,22)(H,23,24)(H2,11,12,13)(H2,18,19,20)/p-4/t4-,6+,7-,10+/m0/s1. The van der Waals surface area contributed by atoms with Crippen LogP contribution >= 0.6 is 23.5 Å². The van der Waals surface area contributed by atoms with Gasteiger partial charge in [-0.05, 0) is 0 Å². The quantitative estimate of drug-likeness (QED) is 0.288. The van der Waals surface area contributed by atoms with Gasteiger partial charge in [-0.2, -0.15) is 0 Å². The summed E-state index contributed by atoms with van der Waals surface area (Å²) < 4.78 is 50.2. The topological polar surface area (TPSA) is 290 Å². The molecular weight excluding hydrogens is 491 g/mol. The molecule has 0 saturated carbocycles. The summed E-state index contributed by atoms with van der Waals surface area (Å²) in [6.07, 6.45) is -3.99. The van der Waals surface area contributed by atoms with E-state index in [4.69, 9.17) is 10.5 Å². The van der Waals surface area contributed by atoms with Gasteiger partial charge >= 0.3 is 0 Å². The van der Waals surface area contributed by atoms with Crippen molar-refractivity contribution >= 4 is 40.4 Å². The van der Waals surface area contributed by atoms with E-state index >= 15 is 0 Å². The summed E-state index contributed by atoms with van der Waals surface area (Å²) in [5.41, 5.74) is 5.92. The third-order valence-electron chi connectivity index (χ3n) is 3.80. The highest BCUT2D eigenvalue weighted by Gasteiger charge is 2.45. The Morgan fingerprint density at radius 3 is 2.39 bits per heavy atom. The molecule has 4 N–H and O–H groups in total. The highest BCUT2D eigenvalue weighted by Crippen LogP contribution is 2.60. The van der Waals surface area contributed by atoms with Gasteiger partial charge in [-0.25, -0.2) is 19.3 Å². The van der Waals surface area contributed by atoms with Crippen LogP contribution in [0.15, 0.2) is 12.7 Å². The lowest BCUT2D eigenvalue weighted by Crippen LogP contribution is -2.34. The number of anilines is 1. The van der Waals surface area contributed by atoms with Gasteiger partial charge < -0.3 is 49.3 Å². The van der Waals surface area contributed by atoms with Crippen LogP contribution in [0.25, 0.3) is 11.2 Å². The Morgan fingerprint density at radius 1 is 1.06 bits per heavy atom. The minimum atomic E-state index is -6.14. The lowest BCUT2D eigenvalue weighted by Gasteiger charge is -2.37. The van der Waals surface area contributed by atoms with E-state index in [0.29, 0.717) is 0 Å². The van der Waals surface area contributed by atoms with Crippen molar-refractivity contribution in [2.24, 2.45) is 0 Å². The molecule has 18 nitrogen and oxygen atoms in total. The molecule has 0 radical (unpaired) electrons. The Morgan fingerprint density at radius 2 is 1.74 bits per heavy atom. The van der Waals surface area contributed by atoms with Crippen molar-refractivity contribution in [2.75, 3.05) is 12.3 Å². The van der Waals surface area contributed by atoms with E-state index in [0.717, 1.165) is 12.7 Å². The maximum atomic E-state index is 11.6. The van der Waals surface area contributed by atoms with E-state index in [2.05, 4.69) is 28.1 Å². The highest BCUT2D eigenvalue weighted by molar-refractivity contribution is 7.64. The lowest BCUT2D eigenvalue weighted by molar-refractivity contribution is -0.339. The molecule has 3 heterocycles. The number of aromatic nitrogens is 4. The largest absolute Gasteiger partial charge is 0.790 e. The first-order chi connectivity index (χ1) is 14.2. The van der Waals surface area contributed by atoms with Crippen molar-refractivity contribution in [1.29, 1.82) is 0 Å². The molecule has 6 atom stereocenters. The number of nitrogen functional groups attached to an aromatic ring is 1. The second-order valence-corrected chi connectivity index (χ2v) is 10.2. The second-order valence-electron chi connectivity index (χ2n) is 5.93.